The summed E-state index contributed by atoms with van der Waals surface area (Å²) in [7, 11) is 3.62. The van der Waals surface area contributed by atoms with Crippen LogP contribution in [0.15, 0.2) is 47.8 Å². The van der Waals surface area contributed by atoms with Crippen LogP contribution in [0, 0.1) is 17.2 Å². The highest BCUT2D eigenvalue weighted by Gasteiger charge is 2.31. The number of Topliss-reactive ketones (excluding diaryl/α,β-unsaturated/α-hetero) is 1. The Morgan fingerprint density at radius 2 is 1.85 bits per heavy atom. The Labute approximate surface area is 152 Å². The van der Waals surface area contributed by atoms with Gasteiger partial charge in [0.25, 0.3) is 0 Å². The second-order valence-electron chi connectivity index (χ2n) is 6.43. The normalized spacial score (nSPS) is 18.3. The largest absolute Gasteiger partial charge is 0.457 e. The van der Waals surface area contributed by atoms with Crippen molar-refractivity contribution < 1.29 is 14.3 Å². The van der Waals surface area contributed by atoms with Crippen molar-refractivity contribution in [2.45, 2.75) is 19.3 Å². The molecule has 134 valence electrons. The number of rotatable bonds is 4. The van der Waals surface area contributed by atoms with Crippen molar-refractivity contribution in [2.75, 3.05) is 30.5 Å². The summed E-state index contributed by atoms with van der Waals surface area (Å²) in [6.45, 7) is -0.413. The molecule has 26 heavy (non-hydrogen) atoms. The molecule has 0 N–H and O–H groups in total. The minimum absolute atomic E-state index is 0.0115. The first kappa shape index (κ1) is 17.7. The highest BCUT2D eigenvalue weighted by molar-refractivity contribution is 6.03. The van der Waals surface area contributed by atoms with Crippen molar-refractivity contribution in [3.8, 4) is 6.07 Å². The topological polar surface area (TPSA) is 73.6 Å². The number of nitriles is 1. The molecule has 1 unspecified atom stereocenters. The SMILES string of the molecule is CN1C(=C(C#N)C(=O)COC(=O)C2CC=CCC2)N(C)c2ccccc21. The van der Waals surface area contributed by atoms with Gasteiger partial charge in [-0.05, 0) is 31.4 Å². The van der Waals surface area contributed by atoms with Gasteiger partial charge in [0.2, 0.25) is 5.78 Å². The summed E-state index contributed by atoms with van der Waals surface area (Å²) in [6.07, 6.45) is 6.21. The highest BCUT2D eigenvalue weighted by Crippen LogP contribution is 2.40. The van der Waals surface area contributed by atoms with Gasteiger partial charge in [0, 0.05) is 14.1 Å². The van der Waals surface area contributed by atoms with E-state index in [2.05, 4.69) is 0 Å². The maximum atomic E-state index is 12.6. The van der Waals surface area contributed by atoms with Crippen LogP contribution in [0.1, 0.15) is 19.3 Å². The lowest BCUT2D eigenvalue weighted by Crippen LogP contribution is -2.28. The number of fused-ring (bicyclic) bond motifs is 1. The second-order valence-corrected chi connectivity index (χ2v) is 6.43. The van der Waals surface area contributed by atoms with Crippen LogP contribution in [0.2, 0.25) is 0 Å². The number of anilines is 2. The molecule has 0 aromatic heterocycles. The summed E-state index contributed by atoms with van der Waals surface area (Å²) in [5, 5.41) is 9.55. The van der Waals surface area contributed by atoms with Crippen LogP contribution in [0.5, 0.6) is 0 Å². The van der Waals surface area contributed by atoms with Crippen molar-refractivity contribution in [1.82, 2.24) is 0 Å². The molecule has 0 saturated heterocycles. The average molecular weight is 351 g/mol. The number of ether oxygens (including phenoxy) is 1. The fourth-order valence-electron chi connectivity index (χ4n) is 3.39. The number of hydrogen-bond acceptors (Lipinski definition) is 6. The molecule has 1 heterocycles. The first-order valence-electron chi connectivity index (χ1n) is 8.60. The van der Waals surface area contributed by atoms with E-state index in [1.54, 1.807) is 9.80 Å². The quantitative estimate of drug-likeness (QED) is 0.359. The van der Waals surface area contributed by atoms with E-state index in [0.717, 1.165) is 24.2 Å². The smallest absolute Gasteiger partial charge is 0.309 e. The number of hydrogen-bond donors (Lipinski definition) is 0. The van der Waals surface area contributed by atoms with Crippen molar-refractivity contribution in [3.63, 3.8) is 0 Å². The van der Waals surface area contributed by atoms with Gasteiger partial charge < -0.3 is 14.5 Å². The number of carbonyl (C=O) groups excluding carboxylic acids is 2. The molecule has 1 aromatic rings. The first-order valence-corrected chi connectivity index (χ1v) is 8.60. The van der Waals surface area contributed by atoms with Gasteiger partial charge in [0.05, 0.1) is 17.3 Å². The Balaban J connectivity index is 1.75. The monoisotopic (exact) mass is 351 g/mol. The lowest BCUT2D eigenvalue weighted by molar-refractivity contribution is -0.151. The molecular formula is C20H21N3O3. The van der Waals surface area contributed by atoms with Crippen molar-refractivity contribution in [2.24, 2.45) is 5.92 Å². The van der Waals surface area contributed by atoms with E-state index in [0.29, 0.717) is 12.2 Å². The summed E-state index contributed by atoms with van der Waals surface area (Å²) in [5.74, 6) is -0.572. The number of benzene rings is 1. The molecule has 0 amide bonds. The van der Waals surface area contributed by atoms with Gasteiger partial charge in [0.15, 0.2) is 6.61 Å². The summed E-state index contributed by atoms with van der Waals surface area (Å²) in [6, 6.07) is 9.64. The third kappa shape index (κ3) is 3.21. The molecule has 1 atom stereocenters. The van der Waals surface area contributed by atoms with Crippen LogP contribution in [-0.2, 0) is 14.3 Å². The molecule has 2 aliphatic rings. The van der Waals surface area contributed by atoms with Crippen LogP contribution < -0.4 is 9.80 Å². The number of ketones is 1. The van der Waals surface area contributed by atoms with Gasteiger partial charge in [-0.2, -0.15) is 5.26 Å². The van der Waals surface area contributed by atoms with Crippen LogP contribution in [-0.4, -0.2) is 32.5 Å². The standard InChI is InChI=1S/C20H21N3O3/c1-22-16-10-6-7-11-17(16)23(2)19(22)15(12-21)18(24)13-26-20(25)14-8-4-3-5-9-14/h3-4,6-7,10-11,14H,5,8-9,13H2,1-2H3. The molecule has 1 aromatic carbocycles. The zero-order chi connectivity index (χ0) is 18.7. The highest BCUT2D eigenvalue weighted by atomic mass is 16.5. The molecule has 0 saturated carbocycles. The zero-order valence-corrected chi connectivity index (χ0v) is 14.9. The summed E-state index contributed by atoms with van der Waals surface area (Å²) < 4.78 is 5.19. The molecule has 6 nitrogen and oxygen atoms in total. The van der Waals surface area contributed by atoms with Crippen molar-refractivity contribution in [1.29, 1.82) is 5.26 Å². The van der Waals surface area contributed by atoms with Crippen LogP contribution in [0.25, 0.3) is 0 Å². The third-order valence-electron chi connectivity index (χ3n) is 4.80. The van der Waals surface area contributed by atoms with Crippen molar-refractivity contribution >= 4 is 23.1 Å². The maximum absolute atomic E-state index is 12.6. The molecule has 0 bridgehead atoms. The van der Waals surface area contributed by atoms with Gasteiger partial charge in [0.1, 0.15) is 17.5 Å². The minimum Gasteiger partial charge on any atom is -0.457 e. The lowest BCUT2D eigenvalue weighted by Gasteiger charge is -2.20. The summed E-state index contributed by atoms with van der Waals surface area (Å²) in [5.41, 5.74) is 1.82. The second kappa shape index (κ2) is 7.44. The Morgan fingerprint density at radius 1 is 1.19 bits per heavy atom. The van der Waals surface area contributed by atoms with E-state index in [-0.39, 0.29) is 17.5 Å². The molecule has 0 radical (unpaired) electrons. The molecular weight excluding hydrogens is 330 g/mol. The zero-order valence-electron chi connectivity index (χ0n) is 14.9. The van der Waals surface area contributed by atoms with Gasteiger partial charge in [-0.3, -0.25) is 9.59 Å². The van der Waals surface area contributed by atoms with Crippen LogP contribution in [0.4, 0.5) is 11.4 Å². The predicted molar refractivity (Wildman–Crippen MR) is 98.3 cm³/mol. The van der Waals surface area contributed by atoms with E-state index in [1.165, 1.54) is 0 Å². The fraction of sp³-hybridized carbons (Fsp3) is 0.350. The molecule has 1 aliphatic carbocycles. The van der Waals surface area contributed by atoms with Crippen LogP contribution in [0.3, 0.4) is 0 Å². The van der Waals surface area contributed by atoms with E-state index < -0.39 is 12.4 Å². The van der Waals surface area contributed by atoms with Crippen LogP contribution >= 0.6 is 0 Å². The number of allylic oxidation sites excluding steroid dienone is 2. The molecule has 0 spiro atoms. The predicted octanol–water partition coefficient (Wildman–Crippen LogP) is 2.78. The van der Waals surface area contributed by atoms with E-state index >= 15 is 0 Å². The minimum atomic E-state index is -0.492. The van der Waals surface area contributed by atoms with Gasteiger partial charge >= 0.3 is 5.97 Å². The van der Waals surface area contributed by atoms with Gasteiger partial charge in [-0.25, -0.2) is 0 Å². The summed E-state index contributed by atoms with van der Waals surface area (Å²) >= 11 is 0. The average Bonchev–Trinajstić information content (AvgIpc) is 2.93. The number of carbonyl (C=O) groups is 2. The molecule has 1 aliphatic heterocycles. The first-order chi connectivity index (χ1) is 12.5. The van der Waals surface area contributed by atoms with E-state index in [1.807, 2.05) is 56.6 Å². The lowest BCUT2D eigenvalue weighted by atomic mass is 9.95. The maximum Gasteiger partial charge on any atom is 0.309 e. The van der Waals surface area contributed by atoms with Gasteiger partial charge in [-0.15, -0.1) is 0 Å². The summed E-state index contributed by atoms with van der Waals surface area (Å²) in [4.78, 5) is 28.3. The Bertz CT molecular complexity index is 804. The fourth-order valence-corrected chi connectivity index (χ4v) is 3.39. The molecule has 0 fully saturated rings. The van der Waals surface area contributed by atoms with E-state index in [4.69, 9.17) is 4.74 Å². The van der Waals surface area contributed by atoms with Crippen molar-refractivity contribution in [3.05, 3.63) is 47.8 Å². The molecule has 3 rings (SSSR count). The number of nitrogens with zero attached hydrogens (tertiary/aromatic N) is 3. The number of esters is 1. The van der Waals surface area contributed by atoms with E-state index in [9.17, 15) is 14.9 Å². The number of para-hydroxylation sites is 2. The van der Waals surface area contributed by atoms with Gasteiger partial charge in [-0.1, -0.05) is 24.3 Å². The Kier molecular flexibility index (Phi) is 5.08. The Hall–Kier alpha value is -3.07. The third-order valence-corrected chi connectivity index (χ3v) is 4.80. The molecule has 6 heteroatoms. The Morgan fingerprint density at radius 3 is 2.38 bits per heavy atom.